The zero-order valence-corrected chi connectivity index (χ0v) is 13.9. The SMILES string of the molecule is CC1(C(=O)OCC[Si](C)(C)C)CC(S(=O)(=O)Cl)C1. The molecule has 7 heteroatoms. The van der Waals surface area contributed by atoms with Crippen LogP contribution in [0.2, 0.25) is 25.7 Å². The Kier molecular flexibility index (Phi) is 4.56. The molecular weight excluding hydrogens is 292 g/mol. The summed E-state index contributed by atoms with van der Waals surface area (Å²) in [4.78, 5) is 11.9. The first-order chi connectivity index (χ1) is 7.94. The van der Waals surface area contributed by atoms with Crippen molar-refractivity contribution in [3.63, 3.8) is 0 Å². The monoisotopic (exact) mass is 312 g/mol. The molecule has 0 amide bonds. The van der Waals surface area contributed by atoms with Crippen LogP contribution in [0.5, 0.6) is 0 Å². The Morgan fingerprint density at radius 2 is 1.89 bits per heavy atom. The lowest BCUT2D eigenvalue weighted by Gasteiger charge is -2.41. The summed E-state index contributed by atoms with van der Waals surface area (Å²) in [6.45, 7) is 8.80. The summed E-state index contributed by atoms with van der Waals surface area (Å²) in [6, 6.07) is 0.923. The molecular formula is C11H21ClO4SSi. The van der Waals surface area contributed by atoms with Crippen LogP contribution in [-0.2, 0) is 18.6 Å². The van der Waals surface area contributed by atoms with E-state index in [2.05, 4.69) is 19.6 Å². The maximum Gasteiger partial charge on any atom is 0.311 e. The number of carbonyl (C=O) groups is 1. The van der Waals surface area contributed by atoms with Gasteiger partial charge in [-0.25, -0.2) is 8.42 Å². The predicted molar refractivity (Wildman–Crippen MR) is 75.0 cm³/mol. The average Bonchev–Trinajstić information content (AvgIpc) is 2.08. The van der Waals surface area contributed by atoms with Gasteiger partial charge in [0.05, 0.1) is 17.3 Å². The highest BCUT2D eigenvalue weighted by atomic mass is 35.7. The van der Waals surface area contributed by atoms with E-state index in [1.165, 1.54) is 0 Å². The number of ether oxygens (including phenoxy) is 1. The number of carbonyl (C=O) groups excluding carboxylic acids is 1. The van der Waals surface area contributed by atoms with Crippen LogP contribution in [0.3, 0.4) is 0 Å². The maximum atomic E-state index is 11.9. The summed E-state index contributed by atoms with van der Waals surface area (Å²) >= 11 is 0. The van der Waals surface area contributed by atoms with Gasteiger partial charge in [0, 0.05) is 18.8 Å². The van der Waals surface area contributed by atoms with E-state index in [0.717, 1.165) is 6.04 Å². The molecule has 0 aromatic heterocycles. The van der Waals surface area contributed by atoms with Crippen LogP contribution >= 0.6 is 10.7 Å². The summed E-state index contributed by atoms with van der Waals surface area (Å²) < 4.78 is 27.4. The highest BCUT2D eigenvalue weighted by molar-refractivity contribution is 8.14. The van der Waals surface area contributed by atoms with E-state index < -0.39 is 27.8 Å². The van der Waals surface area contributed by atoms with Crippen molar-refractivity contribution < 1.29 is 17.9 Å². The van der Waals surface area contributed by atoms with Crippen LogP contribution in [0.25, 0.3) is 0 Å². The van der Waals surface area contributed by atoms with E-state index in [9.17, 15) is 13.2 Å². The van der Waals surface area contributed by atoms with Gasteiger partial charge in [-0.2, -0.15) is 0 Å². The lowest BCUT2D eigenvalue weighted by Crippen LogP contribution is -2.48. The molecule has 0 aromatic carbocycles. The minimum Gasteiger partial charge on any atom is -0.466 e. The molecule has 1 fully saturated rings. The first kappa shape index (κ1) is 16.0. The zero-order valence-electron chi connectivity index (χ0n) is 11.3. The summed E-state index contributed by atoms with van der Waals surface area (Å²) in [5.41, 5.74) is -0.675. The smallest absolute Gasteiger partial charge is 0.311 e. The van der Waals surface area contributed by atoms with Gasteiger partial charge in [0.2, 0.25) is 9.05 Å². The molecule has 0 saturated heterocycles. The third-order valence-corrected chi connectivity index (χ3v) is 6.92. The van der Waals surface area contributed by atoms with Gasteiger partial charge in [-0.15, -0.1) is 0 Å². The molecule has 0 atom stereocenters. The zero-order chi connectivity index (χ0) is 14.2. The summed E-state index contributed by atoms with van der Waals surface area (Å²) in [5.74, 6) is -0.294. The Labute approximate surface area is 114 Å². The molecule has 0 radical (unpaired) electrons. The Balaban J connectivity index is 2.41. The van der Waals surface area contributed by atoms with E-state index in [0.29, 0.717) is 6.61 Å². The number of hydrogen-bond acceptors (Lipinski definition) is 4. The second kappa shape index (κ2) is 5.13. The van der Waals surface area contributed by atoms with E-state index >= 15 is 0 Å². The molecule has 0 aromatic rings. The fourth-order valence-electron chi connectivity index (χ4n) is 1.94. The molecule has 106 valence electrons. The van der Waals surface area contributed by atoms with Crippen molar-refractivity contribution in [2.24, 2.45) is 5.41 Å². The topological polar surface area (TPSA) is 60.4 Å². The Morgan fingerprint density at radius 3 is 2.28 bits per heavy atom. The van der Waals surface area contributed by atoms with Crippen molar-refractivity contribution in [1.29, 1.82) is 0 Å². The molecule has 0 spiro atoms. The van der Waals surface area contributed by atoms with E-state index in [1.54, 1.807) is 6.92 Å². The lowest BCUT2D eigenvalue weighted by molar-refractivity contribution is -0.159. The van der Waals surface area contributed by atoms with Crippen LogP contribution < -0.4 is 0 Å². The number of hydrogen-bond donors (Lipinski definition) is 0. The van der Waals surface area contributed by atoms with Gasteiger partial charge in [-0.1, -0.05) is 19.6 Å². The predicted octanol–water partition coefficient (Wildman–Crippen LogP) is 2.61. The molecule has 1 aliphatic carbocycles. The molecule has 4 nitrogen and oxygen atoms in total. The third-order valence-electron chi connectivity index (χ3n) is 3.33. The fourth-order valence-corrected chi connectivity index (χ4v) is 4.16. The Bertz CT molecular complexity index is 421. The van der Waals surface area contributed by atoms with E-state index in [-0.39, 0.29) is 18.8 Å². The molecule has 0 N–H and O–H groups in total. The van der Waals surface area contributed by atoms with Crippen molar-refractivity contribution in [3.05, 3.63) is 0 Å². The first-order valence-corrected chi connectivity index (χ1v) is 12.1. The molecule has 1 rings (SSSR count). The van der Waals surface area contributed by atoms with Gasteiger partial charge in [-0.3, -0.25) is 4.79 Å². The van der Waals surface area contributed by atoms with E-state index in [1.807, 2.05) is 0 Å². The molecule has 18 heavy (non-hydrogen) atoms. The molecule has 1 saturated carbocycles. The van der Waals surface area contributed by atoms with Crippen LogP contribution in [0.1, 0.15) is 19.8 Å². The summed E-state index contributed by atoms with van der Waals surface area (Å²) in [7, 11) is 0.501. The Morgan fingerprint density at radius 1 is 1.39 bits per heavy atom. The summed E-state index contributed by atoms with van der Waals surface area (Å²) in [6.07, 6.45) is 0.537. The van der Waals surface area contributed by atoms with Gasteiger partial charge in [0.25, 0.3) is 0 Å². The number of esters is 1. The first-order valence-electron chi connectivity index (χ1n) is 6.05. The van der Waals surface area contributed by atoms with Crippen LogP contribution in [0.15, 0.2) is 0 Å². The van der Waals surface area contributed by atoms with Gasteiger partial charge in [-0.05, 0) is 25.8 Å². The highest BCUT2D eigenvalue weighted by Gasteiger charge is 2.52. The second-order valence-corrected chi connectivity index (χ2v) is 15.0. The normalized spacial score (nSPS) is 28.6. The van der Waals surface area contributed by atoms with Crippen molar-refractivity contribution in [3.8, 4) is 0 Å². The molecule has 1 aliphatic rings. The van der Waals surface area contributed by atoms with E-state index in [4.69, 9.17) is 15.4 Å². The van der Waals surface area contributed by atoms with Crippen LogP contribution in [0.4, 0.5) is 0 Å². The van der Waals surface area contributed by atoms with Crippen LogP contribution in [-0.4, -0.2) is 34.3 Å². The standard InChI is InChI=1S/C11H21ClO4SSi/c1-11(7-9(8-11)17(12,14)15)10(13)16-5-6-18(2,3)4/h9H,5-8H2,1-4H3. The van der Waals surface area contributed by atoms with Crippen molar-refractivity contribution in [1.82, 2.24) is 0 Å². The number of rotatable bonds is 5. The van der Waals surface area contributed by atoms with Crippen molar-refractivity contribution in [2.75, 3.05) is 6.61 Å². The minimum atomic E-state index is -3.54. The quantitative estimate of drug-likeness (QED) is 0.445. The van der Waals surface area contributed by atoms with Gasteiger partial charge >= 0.3 is 5.97 Å². The highest BCUT2D eigenvalue weighted by Crippen LogP contribution is 2.46. The largest absolute Gasteiger partial charge is 0.466 e. The maximum absolute atomic E-state index is 11.9. The van der Waals surface area contributed by atoms with Gasteiger partial charge < -0.3 is 4.74 Å². The minimum absolute atomic E-state index is 0.268. The fraction of sp³-hybridized carbons (Fsp3) is 0.909. The van der Waals surface area contributed by atoms with Crippen molar-refractivity contribution in [2.45, 2.75) is 50.7 Å². The molecule has 0 bridgehead atoms. The summed E-state index contributed by atoms with van der Waals surface area (Å²) in [5, 5.41) is -0.603. The third kappa shape index (κ3) is 4.24. The lowest BCUT2D eigenvalue weighted by atomic mass is 9.70. The Hall–Kier alpha value is -0.0731. The van der Waals surface area contributed by atoms with Gasteiger partial charge in [0.15, 0.2) is 0 Å². The van der Waals surface area contributed by atoms with Gasteiger partial charge in [0.1, 0.15) is 0 Å². The molecule has 0 unspecified atom stereocenters. The average molecular weight is 313 g/mol. The van der Waals surface area contributed by atoms with Crippen molar-refractivity contribution >= 4 is 33.8 Å². The second-order valence-electron chi connectivity index (χ2n) is 6.51. The molecule has 0 heterocycles. The number of halogens is 1. The molecule has 0 aliphatic heterocycles. The van der Waals surface area contributed by atoms with Crippen LogP contribution in [0, 0.1) is 5.41 Å².